The minimum atomic E-state index is -0.829. The number of allylic oxidation sites excluding steroid dienone is 1. The van der Waals surface area contributed by atoms with Gasteiger partial charge in [-0.15, -0.1) is 0 Å². The molecule has 1 fully saturated rings. The molecule has 0 saturated carbocycles. The van der Waals surface area contributed by atoms with Gasteiger partial charge < -0.3 is 10.1 Å². The van der Waals surface area contributed by atoms with E-state index < -0.39 is 30.1 Å². The smallest absolute Gasteiger partial charge is 0.325 e. The number of carbonyl (C=O) groups is 4. The van der Waals surface area contributed by atoms with Crippen LogP contribution in [0, 0.1) is 17.8 Å². The van der Waals surface area contributed by atoms with E-state index in [0.717, 1.165) is 16.3 Å². The fourth-order valence-corrected chi connectivity index (χ4v) is 5.26. The first-order chi connectivity index (χ1) is 19.1. The highest BCUT2D eigenvalue weighted by Crippen LogP contribution is 2.26. The summed E-state index contributed by atoms with van der Waals surface area (Å²) >= 11 is 0. The van der Waals surface area contributed by atoms with Crippen LogP contribution in [0.3, 0.4) is 0 Å². The zero-order valence-electron chi connectivity index (χ0n) is 24.0. The summed E-state index contributed by atoms with van der Waals surface area (Å²) in [5.41, 5.74) is 4.56. The molecule has 1 aromatic heterocycles. The Hall–Kier alpha value is -3.59. The van der Waals surface area contributed by atoms with E-state index in [1.165, 1.54) is 5.01 Å². The molecule has 0 spiro atoms. The van der Waals surface area contributed by atoms with Gasteiger partial charge in [-0.25, -0.2) is 5.43 Å². The van der Waals surface area contributed by atoms with Gasteiger partial charge in [-0.1, -0.05) is 39.0 Å². The van der Waals surface area contributed by atoms with Crippen molar-refractivity contribution in [3.05, 3.63) is 47.8 Å². The number of Topliss-reactive ketones (excluding diaryl/α,β-unsaturated/α-hetero) is 1. The molecular weight excluding hydrogens is 508 g/mol. The summed E-state index contributed by atoms with van der Waals surface area (Å²) in [7, 11) is 0. The molecule has 0 aliphatic carbocycles. The van der Waals surface area contributed by atoms with Crippen molar-refractivity contribution in [1.82, 2.24) is 20.7 Å². The highest BCUT2D eigenvalue weighted by Gasteiger charge is 2.34. The molecular formula is C31H40N4O5. The summed E-state index contributed by atoms with van der Waals surface area (Å²) < 4.78 is 5.80. The predicted molar refractivity (Wildman–Crippen MR) is 152 cm³/mol. The number of aromatic nitrogens is 1. The van der Waals surface area contributed by atoms with Crippen LogP contribution < -0.4 is 10.7 Å². The molecule has 2 N–H and O–H groups in total. The van der Waals surface area contributed by atoms with E-state index in [4.69, 9.17) is 4.74 Å². The summed E-state index contributed by atoms with van der Waals surface area (Å²) in [5.74, 6) is -2.16. The zero-order valence-corrected chi connectivity index (χ0v) is 24.0. The van der Waals surface area contributed by atoms with Crippen LogP contribution in [0.2, 0.25) is 0 Å². The van der Waals surface area contributed by atoms with Crippen LogP contribution in [0.5, 0.6) is 0 Å². The molecule has 2 aliphatic rings. The van der Waals surface area contributed by atoms with Crippen molar-refractivity contribution in [2.75, 3.05) is 6.54 Å². The molecule has 9 heteroatoms. The van der Waals surface area contributed by atoms with Crippen LogP contribution in [-0.4, -0.2) is 52.2 Å². The summed E-state index contributed by atoms with van der Waals surface area (Å²) in [6.07, 6.45) is 6.81. The Labute approximate surface area is 235 Å². The van der Waals surface area contributed by atoms with Crippen molar-refractivity contribution in [3.63, 3.8) is 0 Å². The van der Waals surface area contributed by atoms with Gasteiger partial charge in [0.2, 0.25) is 5.91 Å². The van der Waals surface area contributed by atoms with Gasteiger partial charge in [0.05, 0.1) is 5.69 Å². The Bertz CT molecular complexity index is 1310. The quantitative estimate of drug-likeness (QED) is 0.542. The molecule has 1 saturated heterocycles. The first-order valence-corrected chi connectivity index (χ1v) is 14.3. The minimum absolute atomic E-state index is 0.0226. The van der Waals surface area contributed by atoms with Crippen molar-refractivity contribution < 1.29 is 23.9 Å². The molecule has 5 atom stereocenters. The number of hydrazine groups is 1. The van der Waals surface area contributed by atoms with Gasteiger partial charge in [-0.2, -0.15) is 0 Å². The van der Waals surface area contributed by atoms with Gasteiger partial charge in [-0.05, 0) is 68.2 Å². The lowest BCUT2D eigenvalue weighted by Gasteiger charge is -2.35. The number of carbonyl (C=O) groups excluding carboxylic acids is 4. The summed E-state index contributed by atoms with van der Waals surface area (Å²) in [6.45, 7) is 9.60. The molecule has 5 bridgehead atoms. The molecule has 0 radical (unpaired) electrons. The Kier molecular flexibility index (Phi) is 9.35. The second-order valence-corrected chi connectivity index (χ2v) is 11.2. The number of hydrogen-bond acceptors (Lipinski definition) is 7. The van der Waals surface area contributed by atoms with Crippen LogP contribution in [0.25, 0.3) is 16.8 Å². The molecule has 40 heavy (non-hydrogen) atoms. The number of cyclic esters (lactones) is 1. The van der Waals surface area contributed by atoms with E-state index in [1.807, 2.05) is 64.1 Å². The van der Waals surface area contributed by atoms with Crippen LogP contribution in [-0.2, 0) is 23.9 Å². The number of benzene rings is 1. The van der Waals surface area contributed by atoms with Crippen LogP contribution >= 0.6 is 0 Å². The Morgan fingerprint density at radius 3 is 2.60 bits per heavy atom. The van der Waals surface area contributed by atoms with E-state index in [2.05, 4.69) is 15.7 Å². The standard InChI is InChI=1S/C31H40N4O5/c1-6-21-11-12-25-15-24-14-22(9-10-23(24)17-32-25)20(5)40-31(39)27-8-7-13-35(34-27)30(38)19(4)33-29(37)26(18(2)3)16-28(21)36/h9-12,14-15,17-21,26-27,34H,6-8,13,16H2,1-5H3,(H,33,37)/b12-11+/t19-,20+,21+,26-,27-/m0/s1. The van der Waals surface area contributed by atoms with Gasteiger partial charge in [-0.3, -0.25) is 29.2 Å². The largest absolute Gasteiger partial charge is 0.457 e. The first-order valence-electron chi connectivity index (χ1n) is 14.3. The molecule has 0 unspecified atom stereocenters. The fourth-order valence-electron chi connectivity index (χ4n) is 5.26. The second-order valence-electron chi connectivity index (χ2n) is 11.2. The van der Waals surface area contributed by atoms with Crippen molar-refractivity contribution in [2.45, 2.75) is 78.5 Å². The topological polar surface area (TPSA) is 118 Å². The average molecular weight is 549 g/mol. The van der Waals surface area contributed by atoms with E-state index in [0.29, 0.717) is 31.5 Å². The van der Waals surface area contributed by atoms with Gasteiger partial charge in [0.15, 0.2) is 0 Å². The van der Waals surface area contributed by atoms with Gasteiger partial charge >= 0.3 is 5.97 Å². The third-order valence-electron chi connectivity index (χ3n) is 7.91. The number of pyridine rings is 1. The van der Waals surface area contributed by atoms with Gasteiger partial charge in [0.25, 0.3) is 5.91 Å². The lowest BCUT2D eigenvalue weighted by molar-refractivity contribution is -0.157. The van der Waals surface area contributed by atoms with E-state index in [1.54, 1.807) is 13.1 Å². The number of nitrogens with one attached hydrogen (secondary N) is 2. The normalized spacial score (nSPS) is 27.9. The van der Waals surface area contributed by atoms with Crippen molar-refractivity contribution in [3.8, 4) is 0 Å². The van der Waals surface area contributed by atoms with E-state index in [-0.39, 0.29) is 35.9 Å². The Balaban J connectivity index is 1.69. The highest BCUT2D eigenvalue weighted by atomic mass is 16.5. The molecule has 2 aliphatic heterocycles. The molecule has 2 amide bonds. The zero-order chi connectivity index (χ0) is 29.0. The Morgan fingerprint density at radius 1 is 1.10 bits per heavy atom. The molecule has 214 valence electrons. The SMILES string of the molecule is CC[C@@H]1/C=C/c2cc3cc(ccc3cn2)[C@@H](C)OC(=O)[C@@H]2CCCN(N2)C(=O)[C@H](C)NC(=O)[C@H](C(C)C)CC1=O. The van der Waals surface area contributed by atoms with Crippen molar-refractivity contribution in [1.29, 1.82) is 0 Å². The molecule has 1 aromatic carbocycles. The Morgan fingerprint density at radius 2 is 1.88 bits per heavy atom. The maximum atomic E-state index is 13.3. The minimum Gasteiger partial charge on any atom is -0.457 e. The number of ether oxygens (including phenoxy) is 1. The number of fused-ring (bicyclic) bond motifs is 4. The van der Waals surface area contributed by atoms with Crippen LogP contribution in [0.4, 0.5) is 0 Å². The van der Waals surface area contributed by atoms with E-state index in [9.17, 15) is 19.2 Å². The molecule has 3 heterocycles. The number of esters is 1. The average Bonchev–Trinajstić information content (AvgIpc) is 2.94. The fraction of sp³-hybridized carbons (Fsp3) is 0.516. The maximum absolute atomic E-state index is 13.3. The summed E-state index contributed by atoms with van der Waals surface area (Å²) in [4.78, 5) is 57.4. The molecule has 9 nitrogen and oxygen atoms in total. The first kappa shape index (κ1) is 29.4. The lowest BCUT2D eigenvalue weighted by atomic mass is 9.85. The third-order valence-corrected chi connectivity index (χ3v) is 7.91. The number of amides is 2. The van der Waals surface area contributed by atoms with Crippen LogP contribution in [0.1, 0.15) is 77.7 Å². The lowest BCUT2D eigenvalue weighted by Crippen LogP contribution is -2.59. The summed E-state index contributed by atoms with van der Waals surface area (Å²) in [6, 6.07) is 6.28. The van der Waals surface area contributed by atoms with E-state index >= 15 is 0 Å². The molecule has 4 rings (SSSR count). The number of ketones is 1. The number of hydrogen-bond donors (Lipinski definition) is 2. The van der Waals surface area contributed by atoms with Crippen molar-refractivity contribution >= 4 is 40.4 Å². The van der Waals surface area contributed by atoms with Crippen molar-refractivity contribution in [2.24, 2.45) is 17.8 Å². The third kappa shape index (κ3) is 6.75. The number of rotatable bonds is 2. The maximum Gasteiger partial charge on any atom is 0.325 e. The van der Waals surface area contributed by atoms with Gasteiger partial charge in [0.1, 0.15) is 24.0 Å². The van der Waals surface area contributed by atoms with Crippen LogP contribution in [0.15, 0.2) is 36.5 Å². The monoisotopic (exact) mass is 548 g/mol. The highest BCUT2D eigenvalue weighted by molar-refractivity contribution is 5.92. The van der Waals surface area contributed by atoms with Gasteiger partial charge in [0, 0.05) is 36.4 Å². The second kappa shape index (κ2) is 12.7. The predicted octanol–water partition coefficient (Wildman–Crippen LogP) is 4.12. The summed E-state index contributed by atoms with van der Waals surface area (Å²) in [5, 5.41) is 6.09. The molecule has 2 aromatic rings. The number of nitrogens with zero attached hydrogens (tertiary/aromatic N) is 2.